The van der Waals surface area contributed by atoms with Crippen molar-refractivity contribution >= 4 is 0 Å². The molecule has 1 aliphatic rings. The molecular formula is C19H31NO. The molecule has 0 spiro atoms. The fraction of sp³-hybridized carbons (Fsp3) is 0.684. The molecule has 1 aliphatic carbocycles. The molecule has 118 valence electrons. The molecule has 2 nitrogen and oxygen atoms in total. The summed E-state index contributed by atoms with van der Waals surface area (Å²) in [6, 6.07) is 8.80. The molecule has 2 heteroatoms. The summed E-state index contributed by atoms with van der Waals surface area (Å²) in [5.74, 6) is 1.58. The monoisotopic (exact) mass is 289 g/mol. The summed E-state index contributed by atoms with van der Waals surface area (Å²) >= 11 is 0. The van der Waals surface area contributed by atoms with Gasteiger partial charge in [0.1, 0.15) is 0 Å². The van der Waals surface area contributed by atoms with Crippen molar-refractivity contribution in [2.24, 2.45) is 11.8 Å². The smallest absolute Gasteiger partial charge is 0.0952 e. The van der Waals surface area contributed by atoms with Crippen LogP contribution in [0.4, 0.5) is 0 Å². The minimum atomic E-state index is 0.174. The Bertz CT molecular complexity index is 404. The predicted molar refractivity (Wildman–Crippen MR) is 89.5 cm³/mol. The van der Waals surface area contributed by atoms with Gasteiger partial charge in [-0.25, -0.2) is 0 Å². The fourth-order valence-corrected chi connectivity index (χ4v) is 3.52. The number of rotatable bonds is 6. The minimum absolute atomic E-state index is 0.174. The predicted octanol–water partition coefficient (Wildman–Crippen LogP) is 4.49. The molecule has 0 bridgehead atoms. The number of benzene rings is 1. The highest BCUT2D eigenvalue weighted by Gasteiger charge is 2.27. The van der Waals surface area contributed by atoms with Gasteiger partial charge in [-0.05, 0) is 50.1 Å². The first-order chi connectivity index (χ1) is 10.1. The number of likely N-dealkylation sites (N-methyl/N-ethyl adjacent to an activating group) is 1. The lowest BCUT2D eigenvalue weighted by Crippen LogP contribution is -2.31. The molecule has 21 heavy (non-hydrogen) atoms. The second-order valence-electron chi connectivity index (χ2n) is 6.88. The van der Waals surface area contributed by atoms with Crippen LogP contribution in [-0.4, -0.2) is 19.2 Å². The summed E-state index contributed by atoms with van der Waals surface area (Å²) in [5, 5.41) is 3.45. The number of hydrogen-bond donors (Lipinski definition) is 1. The van der Waals surface area contributed by atoms with Crippen LogP contribution in [0.5, 0.6) is 0 Å². The highest BCUT2D eigenvalue weighted by molar-refractivity contribution is 5.23. The maximum absolute atomic E-state index is 6.50. The highest BCUT2D eigenvalue weighted by Crippen LogP contribution is 2.33. The number of ether oxygens (including phenoxy) is 1. The molecular weight excluding hydrogens is 258 g/mol. The van der Waals surface area contributed by atoms with E-state index >= 15 is 0 Å². The lowest BCUT2D eigenvalue weighted by Gasteiger charge is -2.34. The standard InChI is InChI=1S/C19H31NO/c1-5-20-13-19(17-8-6-14(2)7-9-17)21-18-11-15(3)10-16(4)12-18/h6-9,15-16,18-20H,5,10-13H2,1-4H3. The van der Waals surface area contributed by atoms with E-state index in [-0.39, 0.29) is 6.10 Å². The van der Waals surface area contributed by atoms with Gasteiger partial charge < -0.3 is 10.1 Å². The first-order valence-corrected chi connectivity index (χ1v) is 8.51. The van der Waals surface area contributed by atoms with E-state index in [1.54, 1.807) is 0 Å². The summed E-state index contributed by atoms with van der Waals surface area (Å²) in [6.07, 6.45) is 4.35. The summed E-state index contributed by atoms with van der Waals surface area (Å²) < 4.78 is 6.50. The largest absolute Gasteiger partial charge is 0.369 e. The zero-order valence-corrected chi connectivity index (χ0v) is 14.1. The van der Waals surface area contributed by atoms with Crippen LogP contribution in [0.15, 0.2) is 24.3 Å². The van der Waals surface area contributed by atoms with Crippen molar-refractivity contribution in [1.82, 2.24) is 5.32 Å². The zero-order valence-electron chi connectivity index (χ0n) is 14.1. The molecule has 0 saturated heterocycles. The molecule has 3 unspecified atom stereocenters. The van der Waals surface area contributed by atoms with Gasteiger partial charge in [0.05, 0.1) is 12.2 Å². The van der Waals surface area contributed by atoms with Crippen LogP contribution in [0.3, 0.4) is 0 Å². The zero-order chi connectivity index (χ0) is 15.2. The van der Waals surface area contributed by atoms with Gasteiger partial charge in [0.25, 0.3) is 0 Å². The molecule has 1 saturated carbocycles. The normalized spacial score (nSPS) is 27.5. The average molecular weight is 289 g/mol. The Morgan fingerprint density at radius 2 is 1.71 bits per heavy atom. The molecule has 0 aromatic heterocycles. The Morgan fingerprint density at radius 3 is 2.29 bits per heavy atom. The first kappa shape index (κ1) is 16.5. The van der Waals surface area contributed by atoms with Gasteiger partial charge in [0.15, 0.2) is 0 Å². The number of hydrogen-bond acceptors (Lipinski definition) is 2. The molecule has 1 aromatic rings. The van der Waals surface area contributed by atoms with Crippen LogP contribution in [0.2, 0.25) is 0 Å². The van der Waals surface area contributed by atoms with E-state index in [2.05, 4.69) is 57.3 Å². The van der Waals surface area contributed by atoms with E-state index in [1.165, 1.54) is 30.4 Å². The van der Waals surface area contributed by atoms with Gasteiger partial charge in [-0.15, -0.1) is 0 Å². The van der Waals surface area contributed by atoms with Crippen molar-refractivity contribution in [1.29, 1.82) is 0 Å². The first-order valence-electron chi connectivity index (χ1n) is 8.51. The maximum atomic E-state index is 6.50. The van der Waals surface area contributed by atoms with Crippen LogP contribution in [-0.2, 0) is 4.74 Å². The Hall–Kier alpha value is -0.860. The Morgan fingerprint density at radius 1 is 1.10 bits per heavy atom. The molecule has 1 N–H and O–H groups in total. The van der Waals surface area contributed by atoms with E-state index in [1.807, 2.05) is 0 Å². The fourth-order valence-electron chi connectivity index (χ4n) is 3.52. The summed E-state index contributed by atoms with van der Waals surface area (Å²) in [5.41, 5.74) is 2.60. The van der Waals surface area contributed by atoms with Crippen molar-refractivity contribution in [3.05, 3.63) is 35.4 Å². The number of nitrogens with one attached hydrogen (secondary N) is 1. The lowest BCUT2D eigenvalue weighted by atomic mass is 9.81. The molecule has 3 atom stereocenters. The van der Waals surface area contributed by atoms with E-state index in [4.69, 9.17) is 4.74 Å². The SMILES string of the molecule is CCNCC(OC1CC(C)CC(C)C1)c1ccc(C)cc1. The Kier molecular flexibility index (Phi) is 6.25. The van der Waals surface area contributed by atoms with Gasteiger partial charge in [0.2, 0.25) is 0 Å². The van der Waals surface area contributed by atoms with E-state index in [9.17, 15) is 0 Å². The third-order valence-corrected chi connectivity index (χ3v) is 4.52. The third-order valence-electron chi connectivity index (χ3n) is 4.52. The molecule has 1 aromatic carbocycles. The molecule has 0 heterocycles. The lowest BCUT2D eigenvalue weighted by molar-refractivity contribution is -0.0495. The quantitative estimate of drug-likeness (QED) is 0.833. The number of aryl methyl sites for hydroxylation is 1. The van der Waals surface area contributed by atoms with Gasteiger partial charge in [-0.3, -0.25) is 0 Å². The van der Waals surface area contributed by atoms with Gasteiger partial charge in [0, 0.05) is 6.54 Å². The Labute approximate surface area is 130 Å². The van der Waals surface area contributed by atoms with E-state index < -0.39 is 0 Å². The summed E-state index contributed by atoms with van der Waals surface area (Å²) in [4.78, 5) is 0. The van der Waals surface area contributed by atoms with Crippen LogP contribution in [0, 0.1) is 18.8 Å². The van der Waals surface area contributed by atoms with Crippen molar-refractivity contribution in [3.63, 3.8) is 0 Å². The van der Waals surface area contributed by atoms with Crippen LogP contribution in [0.25, 0.3) is 0 Å². The maximum Gasteiger partial charge on any atom is 0.0952 e. The average Bonchev–Trinajstić information content (AvgIpc) is 2.43. The van der Waals surface area contributed by atoms with Crippen LogP contribution < -0.4 is 5.32 Å². The van der Waals surface area contributed by atoms with E-state index in [0.717, 1.165) is 24.9 Å². The van der Waals surface area contributed by atoms with Crippen LogP contribution >= 0.6 is 0 Å². The third kappa shape index (κ3) is 5.12. The Balaban J connectivity index is 2.03. The highest BCUT2D eigenvalue weighted by atomic mass is 16.5. The van der Waals surface area contributed by atoms with Gasteiger partial charge >= 0.3 is 0 Å². The minimum Gasteiger partial charge on any atom is -0.369 e. The van der Waals surface area contributed by atoms with Crippen molar-refractivity contribution in [2.45, 2.75) is 59.2 Å². The van der Waals surface area contributed by atoms with Crippen molar-refractivity contribution in [3.8, 4) is 0 Å². The summed E-state index contributed by atoms with van der Waals surface area (Å²) in [6.45, 7) is 10.9. The second-order valence-corrected chi connectivity index (χ2v) is 6.88. The van der Waals surface area contributed by atoms with E-state index in [0.29, 0.717) is 6.10 Å². The summed E-state index contributed by atoms with van der Waals surface area (Å²) in [7, 11) is 0. The second kappa shape index (κ2) is 7.95. The van der Waals surface area contributed by atoms with Crippen LogP contribution in [0.1, 0.15) is 57.3 Å². The van der Waals surface area contributed by atoms with Gasteiger partial charge in [-0.1, -0.05) is 50.6 Å². The van der Waals surface area contributed by atoms with Crippen molar-refractivity contribution < 1.29 is 4.74 Å². The topological polar surface area (TPSA) is 21.3 Å². The molecule has 0 aliphatic heterocycles. The molecule has 1 fully saturated rings. The molecule has 0 amide bonds. The molecule has 2 rings (SSSR count). The molecule has 0 radical (unpaired) electrons. The van der Waals surface area contributed by atoms with Gasteiger partial charge in [-0.2, -0.15) is 0 Å². The van der Waals surface area contributed by atoms with Crippen molar-refractivity contribution in [2.75, 3.05) is 13.1 Å².